The third-order valence-electron chi connectivity index (χ3n) is 5.32. The average molecular weight is 366 g/mol. The third-order valence-corrected chi connectivity index (χ3v) is 6.05. The number of piperidine rings is 2. The van der Waals surface area contributed by atoms with Crippen LogP contribution >= 0.6 is 11.5 Å². The van der Waals surface area contributed by atoms with Gasteiger partial charge >= 0.3 is 0 Å². The summed E-state index contributed by atoms with van der Waals surface area (Å²) in [5, 5.41) is 13.3. The summed E-state index contributed by atoms with van der Waals surface area (Å²) in [5.41, 5.74) is 0.725. The molecular weight excluding hydrogens is 340 g/mol. The first-order valence-corrected chi connectivity index (χ1v) is 9.73. The molecule has 1 spiro atoms. The second kappa shape index (κ2) is 7.37. The summed E-state index contributed by atoms with van der Waals surface area (Å²) in [7, 11) is 0. The van der Waals surface area contributed by atoms with Crippen LogP contribution in [0.1, 0.15) is 60.8 Å². The van der Waals surface area contributed by atoms with Gasteiger partial charge in [0.1, 0.15) is 4.88 Å². The summed E-state index contributed by atoms with van der Waals surface area (Å²) in [6, 6.07) is 0. The van der Waals surface area contributed by atoms with Gasteiger partial charge in [-0.15, -0.1) is 5.10 Å². The molecule has 1 aromatic heterocycles. The highest BCUT2D eigenvalue weighted by Gasteiger charge is 2.43. The van der Waals surface area contributed by atoms with Crippen LogP contribution < -0.4 is 0 Å². The van der Waals surface area contributed by atoms with E-state index in [0.29, 0.717) is 30.9 Å². The fourth-order valence-electron chi connectivity index (χ4n) is 4.01. The maximum Gasteiger partial charge on any atom is 0.267 e. The molecule has 1 unspecified atom stereocenters. The number of carbonyl (C=O) groups is 2. The van der Waals surface area contributed by atoms with Gasteiger partial charge in [0.15, 0.2) is 0 Å². The highest BCUT2D eigenvalue weighted by molar-refractivity contribution is 7.08. The molecule has 0 radical (unpaired) electrons. The predicted octanol–water partition coefficient (Wildman–Crippen LogP) is 1.50. The van der Waals surface area contributed by atoms with Crippen LogP contribution in [0.15, 0.2) is 0 Å². The highest BCUT2D eigenvalue weighted by atomic mass is 32.1. The second-order valence-electron chi connectivity index (χ2n) is 7.51. The van der Waals surface area contributed by atoms with Crippen LogP contribution in [-0.2, 0) is 4.79 Å². The number of aromatic nitrogens is 2. The Bertz CT molecular complexity index is 648. The van der Waals surface area contributed by atoms with Crippen LogP contribution in [0.3, 0.4) is 0 Å². The lowest BCUT2D eigenvalue weighted by molar-refractivity contribution is -0.139. The van der Waals surface area contributed by atoms with E-state index in [-0.39, 0.29) is 29.8 Å². The van der Waals surface area contributed by atoms with Crippen molar-refractivity contribution in [3.63, 3.8) is 0 Å². The maximum atomic E-state index is 13.0. The molecule has 1 N–H and O–H groups in total. The molecule has 1 aromatic rings. The van der Waals surface area contributed by atoms with Crippen LogP contribution in [0.25, 0.3) is 0 Å². The Morgan fingerprint density at radius 2 is 2.16 bits per heavy atom. The van der Waals surface area contributed by atoms with Crippen molar-refractivity contribution in [1.29, 1.82) is 0 Å². The van der Waals surface area contributed by atoms with Gasteiger partial charge in [-0.2, -0.15) is 0 Å². The Kier molecular flexibility index (Phi) is 5.38. The van der Waals surface area contributed by atoms with Crippen molar-refractivity contribution < 1.29 is 14.7 Å². The minimum absolute atomic E-state index is 0.0170. The lowest BCUT2D eigenvalue weighted by Crippen LogP contribution is -2.55. The Morgan fingerprint density at radius 3 is 2.88 bits per heavy atom. The van der Waals surface area contributed by atoms with Crippen LogP contribution in [-0.4, -0.2) is 69.1 Å². The number of rotatable bonds is 4. The number of carbonyl (C=O) groups excluding carboxylic acids is 2. The van der Waals surface area contributed by atoms with E-state index >= 15 is 0 Å². The molecule has 2 saturated heterocycles. The van der Waals surface area contributed by atoms with Gasteiger partial charge in [0.25, 0.3) is 5.91 Å². The van der Waals surface area contributed by atoms with Gasteiger partial charge in [-0.25, -0.2) is 0 Å². The largest absolute Gasteiger partial charge is 0.395 e. The van der Waals surface area contributed by atoms with Crippen molar-refractivity contribution in [2.45, 2.75) is 45.4 Å². The van der Waals surface area contributed by atoms with Crippen LogP contribution in [0, 0.1) is 5.41 Å². The van der Waals surface area contributed by atoms with Crippen molar-refractivity contribution in [1.82, 2.24) is 19.4 Å². The Balaban J connectivity index is 1.75. The maximum absolute atomic E-state index is 13.0. The number of likely N-dealkylation sites (tertiary alicyclic amines) is 2. The van der Waals surface area contributed by atoms with E-state index in [1.54, 1.807) is 4.90 Å². The topological polar surface area (TPSA) is 86.6 Å². The Labute approximate surface area is 152 Å². The first-order chi connectivity index (χ1) is 12.0. The second-order valence-corrected chi connectivity index (χ2v) is 8.27. The predicted molar refractivity (Wildman–Crippen MR) is 94.5 cm³/mol. The van der Waals surface area contributed by atoms with Gasteiger partial charge in [0.2, 0.25) is 5.91 Å². The van der Waals surface area contributed by atoms with E-state index in [0.717, 1.165) is 31.5 Å². The molecule has 3 rings (SSSR count). The molecule has 2 fully saturated rings. The molecule has 25 heavy (non-hydrogen) atoms. The molecule has 8 heteroatoms. The first kappa shape index (κ1) is 18.3. The van der Waals surface area contributed by atoms with E-state index in [4.69, 9.17) is 0 Å². The molecule has 0 aromatic carbocycles. The monoisotopic (exact) mass is 366 g/mol. The summed E-state index contributed by atoms with van der Waals surface area (Å²) in [4.78, 5) is 29.4. The van der Waals surface area contributed by atoms with E-state index < -0.39 is 0 Å². The third kappa shape index (κ3) is 3.69. The zero-order valence-electron chi connectivity index (χ0n) is 14.9. The number of amides is 2. The minimum Gasteiger partial charge on any atom is -0.395 e. The van der Waals surface area contributed by atoms with E-state index in [1.165, 1.54) is 11.5 Å². The zero-order valence-corrected chi connectivity index (χ0v) is 15.7. The molecule has 0 bridgehead atoms. The van der Waals surface area contributed by atoms with E-state index in [2.05, 4.69) is 9.59 Å². The molecule has 3 heterocycles. The smallest absolute Gasteiger partial charge is 0.267 e. The van der Waals surface area contributed by atoms with Crippen molar-refractivity contribution in [2.75, 3.05) is 32.8 Å². The normalized spacial score (nSPS) is 24.4. The fraction of sp³-hybridized carbons (Fsp3) is 0.765. The summed E-state index contributed by atoms with van der Waals surface area (Å²) < 4.78 is 3.97. The number of nitrogens with zero attached hydrogens (tertiary/aromatic N) is 4. The molecule has 2 aliphatic heterocycles. The summed E-state index contributed by atoms with van der Waals surface area (Å²) in [6.07, 6.45) is 3.27. The van der Waals surface area contributed by atoms with Gasteiger partial charge in [-0.1, -0.05) is 18.3 Å². The summed E-state index contributed by atoms with van der Waals surface area (Å²) in [5.74, 6) is 0.295. The Hall–Kier alpha value is -1.54. The van der Waals surface area contributed by atoms with Crippen molar-refractivity contribution in [3.05, 3.63) is 10.6 Å². The van der Waals surface area contributed by atoms with E-state index in [9.17, 15) is 14.7 Å². The van der Waals surface area contributed by atoms with Crippen LogP contribution in [0.5, 0.6) is 0 Å². The molecule has 2 aliphatic rings. The molecule has 0 saturated carbocycles. The van der Waals surface area contributed by atoms with Gasteiger partial charge in [0.05, 0.1) is 12.3 Å². The van der Waals surface area contributed by atoms with Crippen LogP contribution in [0.4, 0.5) is 0 Å². The number of hydrogen-bond acceptors (Lipinski definition) is 6. The molecule has 2 amide bonds. The standard InChI is InChI=1S/C17H26N4O3S/c1-12(2)14-15(25-19-18-14)16(24)21-7-3-5-17(11-21)6-4-13(23)20(10-17)8-9-22/h12,22H,3-11H2,1-2H3. The molecule has 7 nitrogen and oxygen atoms in total. The minimum atomic E-state index is -0.0485. The average Bonchev–Trinajstić information content (AvgIpc) is 3.08. The van der Waals surface area contributed by atoms with Gasteiger partial charge in [-0.05, 0) is 36.7 Å². The van der Waals surface area contributed by atoms with Crippen LogP contribution in [0.2, 0.25) is 0 Å². The number of hydrogen-bond donors (Lipinski definition) is 1. The van der Waals surface area contributed by atoms with Crippen molar-refractivity contribution in [3.8, 4) is 0 Å². The summed E-state index contributed by atoms with van der Waals surface area (Å²) >= 11 is 1.17. The Morgan fingerprint density at radius 1 is 1.36 bits per heavy atom. The number of aliphatic hydroxyl groups is 1. The number of aliphatic hydroxyl groups excluding tert-OH is 1. The van der Waals surface area contributed by atoms with Crippen molar-refractivity contribution >= 4 is 23.3 Å². The zero-order chi connectivity index (χ0) is 18.0. The highest BCUT2D eigenvalue weighted by Crippen LogP contribution is 2.39. The quantitative estimate of drug-likeness (QED) is 0.873. The van der Waals surface area contributed by atoms with Gasteiger partial charge in [-0.3, -0.25) is 9.59 Å². The SMILES string of the molecule is CC(C)c1nnsc1C(=O)N1CCCC2(CCC(=O)N(CCO)C2)C1. The number of β-amino-alcohol motifs (C(OH)–C–C–N with tert-alkyl or cyclic N) is 1. The van der Waals surface area contributed by atoms with E-state index in [1.807, 2.05) is 18.7 Å². The summed E-state index contributed by atoms with van der Waals surface area (Å²) in [6.45, 7) is 6.43. The first-order valence-electron chi connectivity index (χ1n) is 8.96. The molecule has 1 atom stereocenters. The molecular formula is C17H26N4O3S. The fourth-order valence-corrected chi connectivity index (χ4v) is 4.80. The molecule has 138 valence electrons. The van der Waals surface area contributed by atoms with Gasteiger partial charge in [0, 0.05) is 38.0 Å². The van der Waals surface area contributed by atoms with Gasteiger partial charge < -0.3 is 14.9 Å². The lowest BCUT2D eigenvalue weighted by atomic mass is 9.73. The van der Waals surface area contributed by atoms with Crippen molar-refractivity contribution in [2.24, 2.45) is 5.41 Å². The lowest BCUT2D eigenvalue weighted by Gasteiger charge is -2.48. The molecule has 0 aliphatic carbocycles.